The third kappa shape index (κ3) is 3.39. The number of hydrogen-bond acceptors (Lipinski definition) is 5. The average Bonchev–Trinajstić information content (AvgIpc) is 2.91. The molecule has 21 heavy (non-hydrogen) atoms. The summed E-state index contributed by atoms with van der Waals surface area (Å²) >= 11 is 0. The fourth-order valence-corrected chi connectivity index (χ4v) is 2.81. The SMILES string of the molecule is O=c1onc(-c2ccncc2)n1CCCN1CCCCC1. The molecule has 0 spiro atoms. The largest absolute Gasteiger partial charge is 0.441 e. The van der Waals surface area contributed by atoms with Crippen LogP contribution in [0.3, 0.4) is 0 Å². The van der Waals surface area contributed by atoms with Crippen molar-refractivity contribution in [3.8, 4) is 11.4 Å². The van der Waals surface area contributed by atoms with Gasteiger partial charge in [-0.05, 0) is 51.0 Å². The van der Waals surface area contributed by atoms with E-state index in [4.69, 9.17) is 4.52 Å². The lowest BCUT2D eigenvalue weighted by Crippen LogP contribution is -2.31. The third-order valence-electron chi connectivity index (χ3n) is 3.93. The second-order valence-corrected chi connectivity index (χ2v) is 5.42. The average molecular weight is 288 g/mol. The molecule has 0 aliphatic carbocycles. The molecular formula is C15H20N4O2. The summed E-state index contributed by atoms with van der Waals surface area (Å²) in [7, 11) is 0. The van der Waals surface area contributed by atoms with Gasteiger partial charge in [0.1, 0.15) is 0 Å². The summed E-state index contributed by atoms with van der Waals surface area (Å²) in [5.41, 5.74) is 0.855. The van der Waals surface area contributed by atoms with E-state index in [1.165, 1.54) is 32.4 Å². The Balaban J connectivity index is 1.65. The van der Waals surface area contributed by atoms with Gasteiger partial charge in [0.15, 0.2) is 5.82 Å². The fourth-order valence-electron chi connectivity index (χ4n) is 2.81. The van der Waals surface area contributed by atoms with Crippen LogP contribution in [0.4, 0.5) is 0 Å². The lowest BCUT2D eigenvalue weighted by molar-refractivity contribution is 0.222. The quantitative estimate of drug-likeness (QED) is 0.839. The standard InChI is InChI=1S/C15H20N4O2/c20-15-19(12-4-11-18-9-2-1-3-10-18)14(17-21-15)13-5-7-16-8-6-13/h5-8H,1-4,9-12H2. The highest BCUT2D eigenvalue weighted by Gasteiger charge is 2.14. The molecule has 3 rings (SSSR count). The van der Waals surface area contributed by atoms with E-state index < -0.39 is 0 Å². The Kier molecular flexibility index (Phi) is 4.45. The van der Waals surface area contributed by atoms with Crippen molar-refractivity contribution >= 4 is 0 Å². The van der Waals surface area contributed by atoms with Crippen LogP contribution >= 0.6 is 0 Å². The van der Waals surface area contributed by atoms with Gasteiger partial charge in [0.2, 0.25) is 0 Å². The van der Waals surface area contributed by atoms with Gasteiger partial charge in [-0.1, -0.05) is 11.6 Å². The number of piperidine rings is 1. The zero-order valence-electron chi connectivity index (χ0n) is 12.1. The normalized spacial score (nSPS) is 16.2. The number of rotatable bonds is 5. The fraction of sp³-hybridized carbons (Fsp3) is 0.533. The van der Waals surface area contributed by atoms with Gasteiger partial charge in [-0.15, -0.1) is 0 Å². The minimum Gasteiger partial charge on any atom is -0.303 e. The Bertz CT molecular complexity index is 614. The lowest BCUT2D eigenvalue weighted by atomic mass is 10.1. The van der Waals surface area contributed by atoms with Gasteiger partial charge >= 0.3 is 5.76 Å². The van der Waals surface area contributed by atoms with Crippen molar-refractivity contribution in [2.45, 2.75) is 32.2 Å². The molecule has 1 saturated heterocycles. The first-order valence-corrected chi connectivity index (χ1v) is 7.54. The monoisotopic (exact) mass is 288 g/mol. The second-order valence-electron chi connectivity index (χ2n) is 5.42. The topological polar surface area (TPSA) is 64.2 Å². The van der Waals surface area contributed by atoms with Gasteiger partial charge in [0.05, 0.1) is 0 Å². The summed E-state index contributed by atoms with van der Waals surface area (Å²) in [5, 5.41) is 3.89. The van der Waals surface area contributed by atoms with Crippen molar-refractivity contribution in [1.29, 1.82) is 0 Å². The van der Waals surface area contributed by atoms with Crippen LogP contribution in [0.5, 0.6) is 0 Å². The van der Waals surface area contributed by atoms with Gasteiger partial charge in [-0.3, -0.25) is 14.1 Å². The summed E-state index contributed by atoms with van der Waals surface area (Å²) in [5.74, 6) is 0.196. The molecule has 0 saturated carbocycles. The molecule has 0 bridgehead atoms. The van der Waals surface area contributed by atoms with E-state index in [2.05, 4.69) is 15.0 Å². The van der Waals surface area contributed by atoms with E-state index in [1.807, 2.05) is 12.1 Å². The van der Waals surface area contributed by atoms with Crippen molar-refractivity contribution in [3.63, 3.8) is 0 Å². The number of hydrogen-bond donors (Lipinski definition) is 0. The molecule has 2 aromatic heterocycles. The molecule has 2 aromatic rings. The first-order valence-electron chi connectivity index (χ1n) is 7.54. The summed E-state index contributed by atoms with van der Waals surface area (Å²) in [6.45, 7) is 4.01. The molecular weight excluding hydrogens is 268 g/mol. The van der Waals surface area contributed by atoms with Gasteiger partial charge in [-0.25, -0.2) is 4.79 Å². The molecule has 3 heterocycles. The molecule has 112 valence electrons. The van der Waals surface area contributed by atoms with E-state index in [0.29, 0.717) is 12.4 Å². The Morgan fingerprint density at radius 2 is 1.86 bits per heavy atom. The molecule has 1 fully saturated rings. The predicted molar refractivity (Wildman–Crippen MR) is 78.9 cm³/mol. The van der Waals surface area contributed by atoms with Gasteiger partial charge in [0.25, 0.3) is 0 Å². The first kappa shape index (κ1) is 14.0. The Morgan fingerprint density at radius 1 is 1.10 bits per heavy atom. The minimum absolute atomic E-state index is 0.388. The first-order chi connectivity index (χ1) is 10.3. The van der Waals surface area contributed by atoms with E-state index in [-0.39, 0.29) is 5.76 Å². The van der Waals surface area contributed by atoms with E-state index in [1.54, 1.807) is 17.0 Å². The van der Waals surface area contributed by atoms with Crippen LogP contribution in [0.25, 0.3) is 11.4 Å². The van der Waals surface area contributed by atoms with Crippen LogP contribution in [-0.2, 0) is 6.54 Å². The molecule has 0 atom stereocenters. The molecule has 1 aliphatic rings. The molecule has 0 amide bonds. The number of aromatic nitrogens is 3. The highest BCUT2D eigenvalue weighted by molar-refractivity contribution is 5.53. The summed E-state index contributed by atoms with van der Waals surface area (Å²) in [4.78, 5) is 18.2. The highest BCUT2D eigenvalue weighted by Crippen LogP contribution is 2.15. The maximum absolute atomic E-state index is 11.8. The Hall–Kier alpha value is -1.95. The third-order valence-corrected chi connectivity index (χ3v) is 3.93. The van der Waals surface area contributed by atoms with Crippen LogP contribution in [0.1, 0.15) is 25.7 Å². The summed E-state index contributed by atoms with van der Waals surface area (Å²) in [6.07, 6.45) is 8.22. The molecule has 6 nitrogen and oxygen atoms in total. The van der Waals surface area contributed by atoms with Crippen molar-refractivity contribution in [2.24, 2.45) is 0 Å². The molecule has 0 radical (unpaired) electrons. The van der Waals surface area contributed by atoms with Crippen molar-refractivity contribution in [2.75, 3.05) is 19.6 Å². The van der Waals surface area contributed by atoms with Crippen LogP contribution in [-0.4, -0.2) is 39.2 Å². The molecule has 1 aliphatic heterocycles. The van der Waals surface area contributed by atoms with E-state index in [9.17, 15) is 4.79 Å². The predicted octanol–water partition coefficient (Wildman–Crippen LogP) is 1.77. The Labute approximate surface area is 123 Å². The highest BCUT2D eigenvalue weighted by atomic mass is 16.5. The Morgan fingerprint density at radius 3 is 2.62 bits per heavy atom. The molecule has 0 unspecified atom stereocenters. The summed E-state index contributed by atoms with van der Waals surface area (Å²) < 4.78 is 6.43. The van der Waals surface area contributed by atoms with Crippen molar-refractivity contribution in [3.05, 3.63) is 35.1 Å². The summed E-state index contributed by atoms with van der Waals surface area (Å²) in [6, 6.07) is 3.66. The van der Waals surface area contributed by atoms with Crippen LogP contribution in [0, 0.1) is 0 Å². The maximum atomic E-state index is 11.8. The molecule has 0 N–H and O–H groups in total. The van der Waals surface area contributed by atoms with Crippen LogP contribution < -0.4 is 5.76 Å². The van der Waals surface area contributed by atoms with E-state index in [0.717, 1.165) is 18.5 Å². The van der Waals surface area contributed by atoms with E-state index >= 15 is 0 Å². The number of pyridine rings is 1. The number of nitrogens with zero attached hydrogens (tertiary/aromatic N) is 4. The van der Waals surface area contributed by atoms with Gasteiger partial charge in [0, 0.05) is 24.5 Å². The number of likely N-dealkylation sites (tertiary alicyclic amines) is 1. The van der Waals surface area contributed by atoms with Crippen LogP contribution in [0.15, 0.2) is 33.8 Å². The smallest absolute Gasteiger partial charge is 0.303 e. The van der Waals surface area contributed by atoms with Crippen molar-refractivity contribution < 1.29 is 4.52 Å². The van der Waals surface area contributed by atoms with Crippen LogP contribution in [0.2, 0.25) is 0 Å². The lowest BCUT2D eigenvalue weighted by Gasteiger charge is -2.26. The molecule has 0 aromatic carbocycles. The molecule has 6 heteroatoms. The van der Waals surface area contributed by atoms with Gasteiger partial charge < -0.3 is 4.90 Å². The zero-order valence-corrected chi connectivity index (χ0v) is 12.1. The second kappa shape index (κ2) is 6.67. The van der Waals surface area contributed by atoms with Gasteiger partial charge in [-0.2, -0.15) is 0 Å². The zero-order chi connectivity index (χ0) is 14.5. The van der Waals surface area contributed by atoms with Crippen molar-refractivity contribution in [1.82, 2.24) is 19.6 Å². The minimum atomic E-state index is -0.388. The maximum Gasteiger partial charge on any atom is 0.441 e.